The molecule has 2 aromatic heterocycles. The molecular formula is C14H11Br2N3S. The molecule has 0 aliphatic carbocycles. The Morgan fingerprint density at radius 1 is 1.25 bits per heavy atom. The molecule has 0 spiro atoms. The van der Waals surface area contributed by atoms with Crippen LogP contribution >= 0.6 is 43.2 Å². The van der Waals surface area contributed by atoms with E-state index in [0.717, 1.165) is 29.5 Å². The fourth-order valence-electron chi connectivity index (χ4n) is 2.22. The molecular weight excluding hydrogens is 402 g/mol. The summed E-state index contributed by atoms with van der Waals surface area (Å²) < 4.78 is 2.10. The van der Waals surface area contributed by atoms with Crippen molar-refractivity contribution in [1.82, 2.24) is 10.4 Å². The normalized spacial score (nSPS) is 12.8. The molecule has 3 aromatic rings. The number of nitrogens with one attached hydrogen (secondary N) is 1. The maximum Gasteiger partial charge on any atom is 0.0843 e. The summed E-state index contributed by atoms with van der Waals surface area (Å²) in [5.41, 5.74) is 4.03. The minimum Gasteiger partial charge on any atom is -0.271 e. The Morgan fingerprint density at radius 2 is 2.10 bits per heavy atom. The number of fused-ring (bicyclic) bond motifs is 1. The third kappa shape index (κ3) is 2.54. The summed E-state index contributed by atoms with van der Waals surface area (Å²) >= 11 is 8.70. The Kier molecular flexibility index (Phi) is 4.18. The lowest BCUT2D eigenvalue weighted by Gasteiger charge is -2.16. The van der Waals surface area contributed by atoms with Crippen LogP contribution in [-0.2, 0) is 0 Å². The molecule has 3 rings (SSSR count). The Bertz CT molecular complexity index is 732. The number of hydrogen-bond donors (Lipinski definition) is 2. The van der Waals surface area contributed by atoms with Crippen molar-refractivity contribution in [2.45, 2.75) is 6.04 Å². The van der Waals surface area contributed by atoms with E-state index in [9.17, 15) is 0 Å². The molecule has 0 saturated heterocycles. The molecule has 0 radical (unpaired) electrons. The second-order valence-corrected chi connectivity index (χ2v) is 7.57. The van der Waals surface area contributed by atoms with Gasteiger partial charge in [-0.3, -0.25) is 10.8 Å². The maximum absolute atomic E-state index is 5.79. The van der Waals surface area contributed by atoms with Gasteiger partial charge in [0.2, 0.25) is 0 Å². The van der Waals surface area contributed by atoms with E-state index >= 15 is 0 Å². The quantitative estimate of drug-likeness (QED) is 0.495. The van der Waals surface area contributed by atoms with Crippen LogP contribution in [0.2, 0.25) is 0 Å². The molecule has 3 N–H and O–H groups in total. The first-order valence-electron chi connectivity index (χ1n) is 5.94. The molecule has 0 bridgehead atoms. The molecule has 1 unspecified atom stereocenters. The van der Waals surface area contributed by atoms with Gasteiger partial charge in [0.05, 0.1) is 9.83 Å². The Hall–Kier alpha value is -0.790. The Morgan fingerprint density at radius 3 is 2.80 bits per heavy atom. The molecule has 102 valence electrons. The summed E-state index contributed by atoms with van der Waals surface area (Å²) in [6, 6.07) is 10.2. The summed E-state index contributed by atoms with van der Waals surface area (Å²) in [6.45, 7) is 0. The average Bonchev–Trinajstić information content (AvgIpc) is 2.79. The third-order valence-corrected chi connectivity index (χ3v) is 6.46. The van der Waals surface area contributed by atoms with Crippen molar-refractivity contribution in [2.75, 3.05) is 0 Å². The molecule has 0 amide bonds. The molecule has 1 aromatic carbocycles. The van der Waals surface area contributed by atoms with Gasteiger partial charge in [-0.2, -0.15) is 0 Å². The molecule has 3 nitrogen and oxygen atoms in total. The third-order valence-electron chi connectivity index (χ3n) is 3.14. The number of thiophene rings is 1. The molecule has 20 heavy (non-hydrogen) atoms. The summed E-state index contributed by atoms with van der Waals surface area (Å²) in [6.07, 6.45) is 3.68. The van der Waals surface area contributed by atoms with E-state index in [4.69, 9.17) is 5.84 Å². The predicted molar refractivity (Wildman–Crippen MR) is 90.6 cm³/mol. The van der Waals surface area contributed by atoms with Gasteiger partial charge in [0.25, 0.3) is 0 Å². The van der Waals surface area contributed by atoms with Gasteiger partial charge in [0.1, 0.15) is 0 Å². The van der Waals surface area contributed by atoms with Crippen molar-refractivity contribution in [3.05, 3.63) is 61.4 Å². The number of nitrogens with two attached hydrogens (primary N) is 1. The standard InChI is InChI=1S/C14H11Br2N3S/c15-11-6-12(20-14(11)16)13(19-17)9-3-1-2-8-4-5-18-7-10(8)9/h1-7,13,19H,17H2. The largest absolute Gasteiger partial charge is 0.271 e. The summed E-state index contributed by atoms with van der Waals surface area (Å²) in [4.78, 5) is 5.36. The molecule has 6 heteroatoms. The van der Waals surface area contributed by atoms with Crippen LogP contribution in [0, 0.1) is 0 Å². The van der Waals surface area contributed by atoms with E-state index in [2.05, 4.69) is 60.5 Å². The Labute approximate surface area is 137 Å². The molecule has 0 fully saturated rings. The van der Waals surface area contributed by atoms with E-state index in [1.807, 2.05) is 18.3 Å². The van der Waals surface area contributed by atoms with E-state index in [-0.39, 0.29) is 6.04 Å². The zero-order chi connectivity index (χ0) is 14.1. The molecule has 0 aliphatic heterocycles. The lowest BCUT2D eigenvalue weighted by molar-refractivity contribution is 0.650. The van der Waals surface area contributed by atoms with E-state index < -0.39 is 0 Å². The first kappa shape index (κ1) is 14.2. The van der Waals surface area contributed by atoms with Crippen molar-refractivity contribution >= 4 is 54.0 Å². The number of aromatic nitrogens is 1. The predicted octanol–water partition coefficient (Wildman–Crippen LogP) is 4.37. The summed E-state index contributed by atoms with van der Waals surface area (Å²) in [7, 11) is 0. The van der Waals surface area contributed by atoms with Gasteiger partial charge in [-0.25, -0.2) is 5.43 Å². The second-order valence-electron chi connectivity index (χ2n) is 4.31. The Balaban J connectivity index is 2.16. The summed E-state index contributed by atoms with van der Waals surface area (Å²) in [5, 5.41) is 2.27. The van der Waals surface area contributed by atoms with Crippen LogP contribution in [0.1, 0.15) is 16.5 Å². The fourth-order valence-corrected chi connectivity index (χ4v) is 4.39. The van der Waals surface area contributed by atoms with Gasteiger partial charge in [-0.15, -0.1) is 11.3 Å². The molecule has 2 heterocycles. The highest BCUT2D eigenvalue weighted by atomic mass is 79.9. The number of halogens is 2. The van der Waals surface area contributed by atoms with Gasteiger partial charge in [-0.1, -0.05) is 18.2 Å². The first-order valence-corrected chi connectivity index (χ1v) is 8.34. The monoisotopic (exact) mass is 411 g/mol. The minimum absolute atomic E-state index is 0.0597. The van der Waals surface area contributed by atoms with Gasteiger partial charge < -0.3 is 0 Å². The maximum atomic E-state index is 5.79. The minimum atomic E-state index is -0.0597. The SMILES string of the molecule is NNC(c1cc(Br)c(Br)s1)c1cccc2ccncc12. The van der Waals surface area contributed by atoms with Crippen LogP contribution in [0.5, 0.6) is 0 Å². The van der Waals surface area contributed by atoms with Crippen molar-refractivity contribution in [3.63, 3.8) is 0 Å². The smallest absolute Gasteiger partial charge is 0.0843 e. The number of rotatable bonds is 3. The van der Waals surface area contributed by atoms with Crippen LogP contribution in [0.3, 0.4) is 0 Å². The van der Waals surface area contributed by atoms with Crippen LogP contribution in [0.25, 0.3) is 10.8 Å². The van der Waals surface area contributed by atoms with Crippen LogP contribution < -0.4 is 11.3 Å². The number of hydrazine groups is 1. The van der Waals surface area contributed by atoms with Crippen LogP contribution in [0.4, 0.5) is 0 Å². The van der Waals surface area contributed by atoms with Crippen molar-refractivity contribution < 1.29 is 0 Å². The lowest BCUT2D eigenvalue weighted by Crippen LogP contribution is -2.28. The average molecular weight is 413 g/mol. The zero-order valence-electron chi connectivity index (χ0n) is 10.3. The van der Waals surface area contributed by atoms with Gasteiger partial charge >= 0.3 is 0 Å². The number of hydrogen-bond acceptors (Lipinski definition) is 4. The molecule has 0 saturated carbocycles. The van der Waals surface area contributed by atoms with E-state index in [1.165, 1.54) is 0 Å². The van der Waals surface area contributed by atoms with E-state index in [0.29, 0.717) is 0 Å². The van der Waals surface area contributed by atoms with Crippen molar-refractivity contribution in [1.29, 1.82) is 0 Å². The summed E-state index contributed by atoms with van der Waals surface area (Å²) in [5.74, 6) is 5.79. The highest BCUT2D eigenvalue weighted by Gasteiger charge is 2.18. The first-order chi connectivity index (χ1) is 9.70. The van der Waals surface area contributed by atoms with Crippen LogP contribution in [-0.4, -0.2) is 4.98 Å². The van der Waals surface area contributed by atoms with Gasteiger partial charge in [-0.05, 0) is 54.9 Å². The van der Waals surface area contributed by atoms with Crippen LogP contribution in [0.15, 0.2) is 51.0 Å². The highest BCUT2D eigenvalue weighted by Crippen LogP contribution is 2.38. The number of benzene rings is 1. The number of pyridine rings is 1. The van der Waals surface area contributed by atoms with Gasteiger partial charge in [0, 0.05) is 27.1 Å². The second kappa shape index (κ2) is 5.91. The number of nitrogens with zero attached hydrogens (tertiary/aromatic N) is 1. The van der Waals surface area contributed by atoms with E-state index in [1.54, 1.807) is 17.5 Å². The van der Waals surface area contributed by atoms with Gasteiger partial charge in [0.15, 0.2) is 0 Å². The molecule has 0 aliphatic rings. The molecule has 1 atom stereocenters. The highest BCUT2D eigenvalue weighted by molar-refractivity contribution is 9.13. The zero-order valence-corrected chi connectivity index (χ0v) is 14.3. The van der Waals surface area contributed by atoms with Crippen molar-refractivity contribution in [3.8, 4) is 0 Å². The lowest BCUT2D eigenvalue weighted by atomic mass is 10.00. The topological polar surface area (TPSA) is 50.9 Å². The van der Waals surface area contributed by atoms with Crippen molar-refractivity contribution in [2.24, 2.45) is 5.84 Å². The fraction of sp³-hybridized carbons (Fsp3) is 0.0714.